The highest BCUT2D eigenvalue weighted by atomic mass is 16.5. The van der Waals surface area contributed by atoms with Gasteiger partial charge in [-0.15, -0.1) is 0 Å². The second-order valence-electron chi connectivity index (χ2n) is 6.75. The SMILES string of the molecule is O=C1CC(O)CC(CCC2CCCC3=CCCCC32)O1. The third-order valence-electron chi connectivity index (χ3n) is 5.31. The molecule has 1 N–H and O–H groups in total. The number of aliphatic hydroxyl groups is 1. The zero-order chi connectivity index (χ0) is 13.9. The summed E-state index contributed by atoms with van der Waals surface area (Å²) >= 11 is 0. The van der Waals surface area contributed by atoms with Crippen molar-refractivity contribution < 1.29 is 14.6 Å². The summed E-state index contributed by atoms with van der Waals surface area (Å²) in [7, 11) is 0. The fourth-order valence-corrected chi connectivity index (χ4v) is 4.34. The molecule has 1 saturated carbocycles. The average Bonchev–Trinajstić information content (AvgIpc) is 2.44. The van der Waals surface area contributed by atoms with E-state index >= 15 is 0 Å². The highest BCUT2D eigenvalue weighted by Gasteiger charge is 2.32. The summed E-state index contributed by atoms with van der Waals surface area (Å²) in [6, 6.07) is 0. The summed E-state index contributed by atoms with van der Waals surface area (Å²) in [5.74, 6) is 1.34. The number of hydrogen-bond donors (Lipinski definition) is 1. The van der Waals surface area contributed by atoms with Gasteiger partial charge in [-0.05, 0) is 63.2 Å². The number of allylic oxidation sites excluding steroid dienone is 2. The Bertz CT molecular complexity index is 388. The molecule has 2 fully saturated rings. The number of rotatable bonds is 3. The van der Waals surface area contributed by atoms with Crippen LogP contribution in [0.15, 0.2) is 11.6 Å². The number of cyclic esters (lactones) is 1. The van der Waals surface area contributed by atoms with Gasteiger partial charge in [0.2, 0.25) is 0 Å². The van der Waals surface area contributed by atoms with Gasteiger partial charge in [0.15, 0.2) is 0 Å². The number of carbonyl (C=O) groups is 1. The molecule has 0 aromatic carbocycles. The minimum atomic E-state index is -0.488. The lowest BCUT2D eigenvalue weighted by Gasteiger charge is -2.37. The maximum absolute atomic E-state index is 11.4. The van der Waals surface area contributed by atoms with Crippen molar-refractivity contribution in [1.82, 2.24) is 0 Å². The molecule has 20 heavy (non-hydrogen) atoms. The standard InChI is InChI=1S/C17H26O3/c18-14-10-15(20-17(19)11-14)9-8-13-6-3-5-12-4-1-2-7-16(12)13/h4,13-16,18H,1-3,5-11H2. The topological polar surface area (TPSA) is 46.5 Å². The first-order chi connectivity index (χ1) is 9.72. The number of esters is 1. The first-order valence-electron chi connectivity index (χ1n) is 8.29. The van der Waals surface area contributed by atoms with Crippen molar-refractivity contribution in [1.29, 1.82) is 0 Å². The van der Waals surface area contributed by atoms with Crippen LogP contribution in [0.1, 0.15) is 64.2 Å². The second-order valence-corrected chi connectivity index (χ2v) is 6.75. The zero-order valence-corrected chi connectivity index (χ0v) is 12.2. The van der Waals surface area contributed by atoms with Crippen molar-refractivity contribution in [2.75, 3.05) is 0 Å². The van der Waals surface area contributed by atoms with Crippen molar-refractivity contribution in [3.8, 4) is 0 Å². The van der Waals surface area contributed by atoms with Crippen LogP contribution in [0.5, 0.6) is 0 Å². The van der Waals surface area contributed by atoms with Crippen LogP contribution in [-0.2, 0) is 9.53 Å². The highest BCUT2D eigenvalue weighted by molar-refractivity contribution is 5.70. The maximum atomic E-state index is 11.4. The van der Waals surface area contributed by atoms with Gasteiger partial charge >= 0.3 is 5.97 Å². The molecule has 1 saturated heterocycles. The van der Waals surface area contributed by atoms with E-state index in [9.17, 15) is 9.90 Å². The predicted molar refractivity (Wildman–Crippen MR) is 77.1 cm³/mol. The van der Waals surface area contributed by atoms with Crippen LogP contribution < -0.4 is 0 Å². The van der Waals surface area contributed by atoms with Gasteiger partial charge in [-0.1, -0.05) is 11.6 Å². The van der Waals surface area contributed by atoms with Crippen LogP contribution in [0.4, 0.5) is 0 Å². The predicted octanol–water partition coefficient (Wildman–Crippen LogP) is 3.36. The lowest BCUT2D eigenvalue weighted by atomic mass is 9.69. The Kier molecular flexibility index (Phi) is 4.45. The van der Waals surface area contributed by atoms with E-state index in [-0.39, 0.29) is 18.5 Å². The summed E-state index contributed by atoms with van der Waals surface area (Å²) in [6.45, 7) is 0. The van der Waals surface area contributed by atoms with Crippen molar-refractivity contribution in [3.63, 3.8) is 0 Å². The Morgan fingerprint density at radius 2 is 2.15 bits per heavy atom. The summed E-state index contributed by atoms with van der Waals surface area (Å²) in [4.78, 5) is 11.4. The summed E-state index contributed by atoms with van der Waals surface area (Å²) in [5, 5.41) is 9.66. The molecule has 3 nitrogen and oxygen atoms in total. The number of ether oxygens (including phenoxy) is 1. The van der Waals surface area contributed by atoms with E-state index in [2.05, 4.69) is 6.08 Å². The van der Waals surface area contributed by atoms with Gasteiger partial charge in [-0.25, -0.2) is 0 Å². The number of hydrogen-bond acceptors (Lipinski definition) is 3. The normalized spacial score (nSPS) is 37.9. The van der Waals surface area contributed by atoms with Crippen molar-refractivity contribution in [3.05, 3.63) is 11.6 Å². The highest BCUT2D eigenvalue weighted by Crippen LogP contribution is 2.43. The molecule has 0 amide bonds. The van der Waals surface area contributed by atoms with Gasteiger partial charge in [0.25, 0.3) is 0 Å². The second kappa shape index (κ2) is 6.30. The van der Waals surface area contributed by atoms with Crippen LogP contribution in [0.2, 0.25) is 0 Å². The van der Waals surface area contributed by atoms with E-state index in [1.807, 2.05) is 0 Å². The van der Waals surface area contributed by atoms with Gasteiger partial charge < -0.3 is 9.84 Å². The van der Waals surface area contributed by atoms with Gasteiger partial charge in [0.05, 0.1) is 12.5 Å². The lowest BCUT2D eigenvalue weighted by molar-refractivity contribution is -0.160. The molecule has 0 aromatic rings. The van der Waals surface area contributed by atoms with Crippen LogP contribution >= 0.6 is 0 Å². The van der Waals surface area contributed by atoms with Gasteiger partial charge in [0.1, 0.15) is 6.10 Å². The molecule has 0 spiro atoms. The van der Waals surface area contributed by atoms with Crippen molar-refractivity contribution >= 4 is 5.97 Å². The quantitative estimate of drug-likeness (QED) is 0.636. The molecule has 0 aromatic heterocycles. The van der Waals surface area contributed by atoms with Gasteiger partial charge in [-0.3, -0.25) is 4.79 Å². The molecule has 4 unspecified atom stereocenters. The molecular weight excluding hydrogens is 252 g/mol. The zero-order valence-electron chi connectivity index (χ0n) is 12.2. The number of aliphatic hydroxyl groups excluding tert-OH is 1. The van der Waals surface area contributed by atoms with E-state index in [0.29, 0.717) is 6.42 Å². The summed E-state index contributed by atoms with van der Waals surface area (Å²) in [5.41, 5.74) is 1.70. The smallest absolute Gasteiger partial charge is 0.308 e. The van der Waals surface area contributed by atoms with Crippen LogP contribution in [0.3, 0.4) is 0 Å². The Labute approximate surface area is 121 Å². The third kappa shape index (κ3) is 3.25. The van der Waals surface area contributed by atoms with Crippen LogP contribution in [0, 0.1) is 11.8 Å². The molecule has 0 radical (unpaired) electrons. The first kappa shape index (κ1) is 14.1. The van der Waals surface area contributed by atoms with Crippen LogP contribution in [-0.4, -0.2) is 23.3 Å². The Morgan fingerprint density at radius 3 is 3.00 bits per heavy atom. The lowest BCUT2D eigenvalue weighted by Crippen LogP contribution is -2.33. The molecule has 2 aliphatic carbocycles. The maximum Gasteiger partial charge on any atom is 0.308 e. The molecule has 3 heteroatoms. The van der Waals surface area contributed by atoms with E-state index in [4.69, 9.17) is 4.74 Å². The molecule has 3 rings (SSSR count). The fourth-order valence-electron chi connectivity index (χ4n) is 4.34. The van der Waals surface area contributed by atoms with E-state index in [1.165, 1.54) is 38.5 Å². The van der Waals surface area contributed by atoms with E-state index in [0.717, 1.165) is 24.7 Å². The van der Waals surface area contributed by atoms with Crippen molar-refractivity contribution in [2.24, 2.45) is 11.8 Å². The molecule has 112 valence electrons. The minimum Gasteiger partial charge on any atom is -0.462 e. The third-order valence-corrected chi connectivity index (χ3v) is 5.31. The van der Waals surface area contributed by atoms with E-state index < -0.39 is 6.10 Å². The Morgan fingerprint density at radius 1 is 1.25 bits per heavy atom. The minimum absolute atomic E-state index is 0.0517. The summed E-state index contributed by atoms with van der Waals surface area (Å²) < 4.78 is 5.37. The Balaban J connectivity index is 1.53. The Hall–Kier alpha value is -0.830. The molecule has 4 atom stereocenters. The number of carbonyl (C=O) groups excluding carboxylic acids is 1. The molecule has 1 aliphatic heterocycles. The molecule has 3 aliphatic rings. The average molecular weight is 278 g/mol. The van der Waals surface area contributed by atoms with Crippen LogP contribution in [0.25, 0.3) is 0 Å². The monoisotopic (exact) mass is 278 g/mol. The molecular formula is C17H26O3. The fraction of sp³-hybridized carbons (Fsp3) is 0.824. The molecule has 1 heterocycles. The van der Waals surface area contributed by atoms with Gasteiger partial charge in [0, 0.05) is 6.42 Å². The number of fused-ring (bicyclic) bond motifs is 1. The largest absolute Gasteiger partial charge is 0.462 e. The van der Waals surface area contributed by atoms with E-state index in [1.54, 1.807) is 5.57 Å². The van der Waals surface area contributed by atoms with Crippen molar-refractivity contribution in [2.45, 2.75) is 76.4 Å². The molecule has 0 bridgehead atoms. The van der Waals surface area contributed by atoms with Gasteiger partial charge in [-0.2, -0.15) is 0 Å². The summed E-state index contributed by atoms with van der Waals surface area (Å²) in [6.07, 6.45) is 12.7. The first-order valence-corrected chi connectivity index (χ1v) is 8.29.